The number of hydrogen-bond donors (Lipinski definition) is 0. The second-order valence-corrected chi connectivity index (χ2v) is 4.36. The van der Waals surface area contributed by atoms with Gasteiger partial charge in [-0.15, -0.1) is 0 Å². The molecule has 0 heterocycles. The third kappa shape index (κ3) is 1.56. The molecule has 3 rings (SSSR count). The van der Waals surface area contributed by atoms with E-state index in [9.17, 15) is 0 Å². The SMILES string of the molecule is C=C(c1ccc2ccccc2c1)C1CC1. The third-order valence-corrected chi connectivity index (χ3v) is 3.19. The molecule has 2 aromatic rings. The molecule has 0 aliphatic heterocycles. The van der Waals surface area contributed by atoms with Gasteiger partial charge in [-0.2, -0.15) is 0 Å². The van der Waals surface area contributed by atoms with E-state index in [1.54, 1.807) is 0 Å². The molecule has 15 heavy (non-hydrogen) atoms. The van der Waals surface area contributed by atoms with E-state index < -0.39 is 0 Å². The van der Waals surface area contributed by atoms with Crippen LogP contribution in [0, 0.1) is 5.92 Å². The van der Waals surface area contributed by atoms with Crippen molar-refractivity contribution >= 4 is 16.3 Å². The maximum Gasteiger partial charge on any atom is -0.0161 e. The lowest BCUT2D eigenvalue weighted by atomic mass is 10.00. The first kappa shape index (κ1) is 8.72. The first-order valence-corrected chi connectivity index (χ1v) is 5.52. The molecule has 0 atom stereocenters. The van der Waals surface area contributed by atoms with Gasteiger partial charge in [0.2, 0.25) is 0 Å². The molecule has 0 radical (unpaired) electrons. The van der Waals surface area contributed by atoms with Crippen LogP contribution in [0.1, 0.15) is 18.4 Å². The van der Waals surface area contributed by atoms with E-state index in [0.717, 1.165) is 5.92 Å². The monoisotopic (exact) mass is 194 g/mol. The molecule has 0 amide bonds. The van der Waals surface area contributed by atoms with Crippen molar-refractivity contribution in [2.24, 2.45) is 5.92 Å². The standard InChI is InChI=1S/C15H14/c1-11(12-6-7-12)14-9-8-13-4-2-3-5-15(13)10-14/h2-5,8-10,12H,1,6-7H2. The van der Waals surface area contributed by atoms with Gasteiger partial charge in [-0.3, -0.25) is 0 Å². The Kier molecular flexibility index (Phi) is 1.88. The van der Waals surface area contributed by atoms with Crippen molar-refractivity contribution in [3.05, 3.63) is 54.6 Å². The fraction of sp³-hybridized carbons (Fsp3) is 0.200. The highest BCUT2D eigenvalue weighted by Crippen LogP contribution is 2.41. The highest BCUT2D eigenvalue weighted by Gasteiger charge is 2.25. The number of fused-ring (bicyclic) bond motifs is 1. The zero-order valence-corrected chi connectivity index (χ0v) is 8.74. The fourth-order valence-electron chi connectivity index (χ4n) is 2.06. The molecule has 1 saturated carbocycles. The van der Waals surface area contributed by atoms with Crippen LogP contribution in [0.5, 0.6) is 0 Å². The lowest BCUT2D eigenvalue weighted by Crippen LogP contribution is -1.84. The van der Waals surface area contributed by atoms with Gasteiger partial charge in [0.05, 0.1) is 0 Å². The summed E-state index contributed by atoms with van der Waals surface area (Å²) in [6.45, 7) is 4.19. The number of rotatable bonds is 2. The van der Waals surface area contributed by atoms with Gasteiger partial charge < -0.3 is 0 Å². The van der Waals surface area contributed by atoms with Gasteiger partial charge in [0.25, 0.3) is 0 Å². The van der Waals surface area contributed by atoms with Gasteiger partial charge in [-0.05, 0) is 46.7 Å². The molecule has 0 saturated heterocycles. The number of hydrogen-bond acceptors (Lipinski definition) is 0. The summed E-state index contributed by atoms with van der Waals surface area (Å²) in [6, 6.07) is 15.1. The molecule has 1 aliphatic carbocycles. The second kappa shape index (κ2) is 3.23. The lowest BCUT2D eigenvalue weighted by molar-refractivity contribution is 1.15. The van der Waals surface area contributed by atoms with E-state index in [1.807, 2.05) is 0 Å². The van der Waals surface area contributed by atoms with Crippen molar-refractivity contribution in [1.29, 1.82) is 0 Å². The van der Waals surface area contributed by atoms with Crippen molar-refractivity contribution < 1.29 is 0 Å². The fourth-order valence-corrected chi connectivity index (χ4v) is 2.06. The highest BCUT2D eigenvalue weighted by atomic mass is 14.3. The van der Waals surface area contributed by atoms with E-state index in [1.165, 1.54) is 34.8 Å². The molecular formula is C15H14. The summed E-state index contributed by atoms with van der Waals surface area (Å²) >= 11 is 0. The van der Waals surface area contributed by atoms with E-state index in [4.69, 9.17) is 0 Å². The normalized spacial score (nSPS) is 15.5. The average molecular weight is 194 g/mol. The summed E-state index contributed by atoms with van der Waals surface area (Å²) in [6.07, 6.45) is 2.65. The molecule has 1 fully saturated rings. The van der Waals surface area contributed by atoms with E-state index >= 15 is 0 Å². The smallest absolute Gasteiger partial charge is 0.0161 e. The van der Waals surface area contributed by atoms with Crippen LogP contribution in [0.4, 0.5) is 0 Å². The minimum Gasteiger partial charge on any atom is -0.0950 e. The van der Waals surface area contributed by atoms with Crippen LogP contribution in [0.2, 0.25) is 0 Å². The minimum absolute atomic E-state index is 0.756. The first-order chi connectivity index (χ1) is 7.34. The minimum atomic E-state index is 0.756. The van der Waals surface area contributed by atoms with E-state index in [0.29, 0.717) is 0 Å². The maximum atomic E-state index is 4.19. The zero-order chi connectivity index (χ0) is 10.3. The second-order valence-electron chi connectivity index (χ2n) is 4.36. The van der Waals surface area contributed by atoms with E-state index in [2.05, 4.69) is 49.0 Å². The van der Waals surface area contributed by atoms with Crippen LogP contribution < -0.4 is 0 Å². The quantitative estimate of drug-likeness (QED) is 0.670. The summed E-state index contributed by atoms with van der Waals surface area (Å²) in [5, 5.41) is 2.63. The molecule has 0 aromatic heterocycles. The Morgan fingerprint density at radius 2 is 1.73 bits per heavy atom. The van der Waals surface area contributed by atoms with Gasteiger partial charge in [-0.1, -0.05) is 43.0 Å². The Hall–Kier alpha value is -1.56. The van der Waals surface area contributed by atoms with Crippen molar-refractivity contribution in [3.63, 3.8) is 0 Å². The summed E-state index contributed by atoms with van der Waals surface area (Å²) in [4.78, 5) is 0. The predicted octanol–water partition coefficient (Wildman–Crippen LogP) is 4.26. The third-order valence-electron chi connectivity index (χ3n) is 3.19. The largest absolute Gasteiger partial charge is 0.0950 e. The Morgan fingerprint density at radius 1 is 1.00 bits per heavy atom. The summed E-state index contributed by atoms with van der Waals surface area (Å²) in [5.74, 6) is 0.756. The first-order valence-electron chi connectivity index (χ1n) is 5.52. The molecule has 0 nitrogen and oxygen atoms in total. The molecule has 0 heteroatoms. The molecule has 0 bridgehead atoms. The van der Waals surface area contributed by atoms with Crippen LogP contribution in [0.15, 0.2) is 49.0 Å². The molecule has 1 aliphatic rings. The Bertz CT molecular complexity index is 518. The summed E-state index contributed by atoms with van der Waals surface area (Å²) in [5.41, 5.74) is 2.64. The van der Waals surface area contributed by atoms with Gasteiger partial charge in [0.15, 0.2) is 0 Å². The average Bonchev–Trinajstić information content (AvgIpc) is 3.11. The highest BCUT2D eigenvalue weighted by molar-refractivity contribution is 5.86. The van der Waals surface area contributed by atoms with Crippen LogP contribution in [0.3, 0.4) is 0 Å². The van der Waals surface area contributed by atoms with Crippen molar-refractivity contribution in [2.45, 2.75) is 12.8 Å². The van der Waals surface area contributed by atoms with Crippen LogP contribution in [-0.4, -0.2) is 0 Å². The van der Waals surface area contributed by atoms with Crippen molar-refractivity contribution in [3.8, 4) is 0 Å². The molecule has 74 valence electrons. The molecule has 0 unspecified atom stereocenters. The Morgan fingerprint density at radius 3 is 2.47 bits per heavy atom. The molecule has 0 spiro atoms. The Balaban J connectivity index is 2.09. The van der Waals surface area contributed by atoms with Crippen LogP contribution in [-0.2, 0) is 0 Å². The zero-order valence-electron chi connectivity index (χ0n) is 8.74. The molecule has 2 aromatic carbocycles. The van der Waals surface area contributed by atoms with Gasteiger partial charge in [-0.25, -0.2) is 0 Å². The van der Waals surface area contributed by atoms with Gasteiger partial charge in [0.1, 0.15) is 0 Å². The lowest BCUT2D eigenvalue weighted by Gasteiger charge is -2.05. The topological polar surface area (TPSA) is 0 Å². The predicted molar refractivity (Wildman–Crippen MR) is 65.7 cm³/mol. The van der Waals surface area contributed by atoms with Gasteiger partial charge >= 0.3 is 0 Å². The van der Waals surface area contributed by atoms with E-state index in [-0.39, 0.29) is 0 Å². The van der Waals surface area contributed by atoms with Crippen LogP contribution >= 0.6 is 0 Å². The molecular weight excluding hydrogens is 180 g/mol. The number of allylic oxidation sites excluding steroid dienone is 1. The summed E-state index contributed by atoms with van der Waals surface area (Å²) in [7, 11) is 0. The van der Waals surface area contributed by atoms with Crippen molar-refractivity contribution in [1.82, 2.24) is 0 Å². The maximum absolute atomic E-state index is 4.19. The number of benzene rings is 2. The van der Waals surface area contributed by atoms with Gasteiger partial charge in [0, 0.05) is 0 Å². The Labute approximate surface area is 90.2 Å². The van der Waals surface area contributed by atoms with Crippen molar-refractivity contribution in [2.75, 3.05) is 0 Å². The molecule has 0 N–H and O–H groups in total. The summed E-state index contributed by atoms with van der Waals surface area (Å²) < 4.78 is 0. The van der Waals surface area contributed by atoms with Crippen LogP contribution in [0.25, 0.3) is 16.3 Å².